The second kappa shape index (κ2) is 6.45. The summed E-state index contributed by atoms with van der Waals surface area (Å²) in [6.45, 7) is 6.25. The number of aromatic nitrogens is 1. The van der Waals surface area contributed by atoms with Crippen molar-refractivity contribution in [1.29, 1.82) is 0 Å². The highest BCUT2D eigenvalue weighted by atomic mass is 32.2. The summed E-state index contributed by atoms with van der Waals surface area (Å²) in [5, 5.41) is 0. The lowest BCUT2D eigenvalue weighted by molar-refractivity contribution is 0.580. The number of nitrogens with one attached hydrogen (secondary N) is 1. The zero-order chi connectivity index (χ0) is 15.5. The molecule has 0 atom stereocenters. The van der Waals surface area contributed by atoms with E-state index < -0.39 is 10.0 Å². The van der Waals surface area contributed by atoms with Crippen LogP contribution in [0.1, 0.15) is 30.3 Å². The van der Waals surface area contributed by atoms with Gasteiger partial charge in [0.2, 0.25) is 10.0 Å². The molecule has 0 aliphatic rings. The van der Waals surface area contributed by atoms with E-state index in [-0.39, 0.29) is 5.75 Å². The summed E-state index contributed by atoms with van der Waals surface area (Å²) in [5.41, 5.74) is 4.27. The third-order valence-electron chi connectivity index (χ3n) is 3.51. The van der Waals surface area contributed by atoms with Crippen molar-refractivity contribution < 1.29 is 8.42 Å². The smallest absolute Gasteiger partial charge is 0.211 e. The number of benzene rings is 1. The van der Waals surface area contributed by atoms with Gasteiger partial charge in [0.1, 0.15) is 0 Å². The van der Waals surface area contributed by atoms with E-state index in [1.807, 2.05) is 57.2 Å². The molecule has 1 aromatic carbocycles. The topological polar surface area (TPSA) is 51.1 Å². The minimum atomic E-state index is -3.17. The van der Waals surface area contributed by atoms with Crippen molar-refractivity contribution in [3.8, 4) is 5.69 Å². The van der Waals surface area contributed by atoms with Crippen LogP contribution in [0.5, 0.6) is 0 Å². The highest BCUT2D eigenvalue weighted by Gasteiger charge is 2.13. The van der Waals surface area contributed by atoms with Gasteiger partial charge in [0.25, 0.3) is 0 Å². The lowest BCUT2D eigenvalue weighted by Gasteiger charge is -2.10. The average Bonchev–Trinajstić information content (AvgIpc) is 2.72. The molecular weight excluding hydrogens is 284 g/mol. The third-order valence-corrected chi connectivity index (χ3v) is 5.04. The van der Waals surface area contributed by atoms with Crippen LogP contribution in [0.2, 0.25) is 0 Å². The normalized spacial score (nSPS) is 11.8. The summed E-state index contributed by atoms with van der Waals surface area (Å²) in [7, 11) is -3.17. The molecule has 1 heterocycles. The number of para-hydroxylation sites is 1. The van der Waals surface area contributed by atoms with Crippen LogP contribution in [0.15, 0.2) is 36.4 Å². The summed E-state index contributed by atoms with van der Waals surface area (Å²) in [6, 6.07) is 12.1. The number of hydrogen-bond donors (Lipinski definition) is 1. The van der Waals surface area contributed by atoms with Gasteiger partial charge in [-0.3, -0.25) is 0 Å². The van der Waals surface area contributed by atoms with E-state index in [0.717, 1.165) is 22.6 Å². The monoisotopic (exact) mass is 306 g/mol. The lowest BCUT2D eigenvalue weighted by atomic mass is 10.2. The van der Waals surface area contributed by atoms with Crippen molar-refractivity contribution in [2.75, 3.05) is 5.75 Å². The van der Waals surface area contributed by atoms with Crippen LogP contribution >= 0.6 is 0 Å². The van der Waals surface area contributed by atoms with Crippen LogP contribution in [0, 0.1) is 13.8 Å². The first kappa shape index (κ1) is 15.8. The summed E-state index contributed by atoms with van der Waals surface area (Å²) in [4.78, 5) is 0. The Morgan fingerprint density at radius 3 is 2.43 bits per heavy atom. The molecule has 0 aliphatic heterocycles. The van der Waals surface area contributed by atoms with Gasteiger partial charge in [0, 0.05) is 23.6 Å². The predicted molar refractivity (Wildman–Crippen MR) is 86.2 cm³/mol. The fraction of sp³-hybridized carbons (Fsp3) is 0.375. The lowest BCUT2D eigenvalue weighted by Crippen LogP contribution is -2.25. The van der Waals surface area contributed by atoms with Crippen molar-refractivity contribution in [3.63, 3.8) is 0 Å². The number of rotatable bonds is 6. The molecule has 1 aromatic heterocycles. The number of nitrogens with zero attached hydrogens (tertiary/aromatic N) is 1. The van der Waals surface area contributed by atoms with Crippen LogP contribution < -0.4 is 4.72 Å². The highest BCUT2D eigenvalue weighted by molar-refractivity contribution is 7.89. The molecule has 21 heavy (non-hydrogen) atoms. The molecular formula is C16H22N2O2S. The van der Waals surface area contributed by atoms with E-state index in [2.05, 4.69) is 9.29 Å². The van der Waals surface area contributed by atoms with Crippen LogP contribution in [-0.2, 0) is 16.6 Å². The Labute approximate surface area is 126 Å². The van der Waals surface area contributed by atoms with E-state index >= 15 is 0 Å². The SMILES string of the molecule is CCCS(=O)(=O)NCc1cc(C)n(-c2ccccc2)c1C. The zero-order valence-electron chi connectivity index (χ0n) is 12.8. The van der Waals surface area contributed by atoms with E-state index in [1.54, 1.807) is 0 Å². The standard InChI is InChI=1S/C16H22N2O2S/c1-4-10-21(19,20)17-12-15-11-13(2)18(14(15)3)16-8-6-5-7-9-16/h5-9,11,17H,4,10,12H2,1-3H3. The van der Waals surface area contributed by atoms with Crippen molar-refractivity contribution in [2.45, 2.75) is 33.7 Å². The summed E-state index contributed by atoms with van der Waals surface area (Å²) in [5.74, 6) is 0.171. The number of aryl methyl sites for hydroxylation is 1. The van der Waals surface area contributed by atoms with Gasteiger partial charge in [-0.2, -0.15) is 0 Å². The molecule has 0 radical (unpaired) electrons. The quantitative estimate of drug-likeness (QED) is 0.892. The Hall–Kier alpha value is -1.59. The first-order chi connectivity index (χ1) is 9.94. The molecule has 0 saturated carbocycles. The molecule has 2 rings (SSSR count). The molecule has 0 aliphatic carbocycles. The van der Waals surface area contributed by atoms with Crippen LogP contribution in [-0.4, -0.2) is 18.7 Å². The van der Waals surface area contributed by atoms with E-state index in [9.17, 15) is 8.42 Å². The van der Waals surface area contributed by atoms with Crippen molar-refractivity contribution in [2.24, 2.45) is 0 Å². The maximum absolute atomic E-state index is 11.8. The second-order valence-corrected chi connectivity index (χ2v) is 7.13. The molecule has 0 amide bonds. The van der Waals surface area contributed by atoms with Gasteiger partial charge in [-0.25, -0.2) is 13.1 Å². The molecule has 0 spiro atoms. The Balaban J connectivity index is 2.24. The first-order valence-electron chi connectivity index (χ1n) is 7.15. The summed E-state index contributed by atoms with van der Waals surface area (Å²) < 4.78 is 28.3. The van der Waals surface area contributed by atoms with Gasteiger partial charge in [0.15, 0.2) is 0 Å². The molecule has 4 nitrogen and oxygen atoms in total. The molecule has 0 unspecified atom stereocenters. The maximum Gasteiger partial charge on any atom is 0.211 e. The van der Waals surface area contributed by atoms with Crippen LogP contribution in [0.4, 0.5) is 0 Å². The summed E-state index contributed by atoms with van der Waals surface area (Å²) >= 11 is 0. The molecule has 0 fully saturated rings. The zero-order valence-corrected chi connectivity index (χ0v) is 13.6. The Morgan fingerprint density at radius 1 is 1.14 bits per heavy atom. The van der Waals surface area contributed by atoms with Crippen LogP contribution in [0.3, 0.4) is 0 Å². The van der Waals surface area contributed by atoms with E-state index in [0.29, 0.717) is 13.0 Å². The van der Waals surface area contributed by atoms with E-state index in [1.165, 1.54) is 0 Å². The Kier molecular flexibility index (Phi) is 4.85. The average molecular weight is 306 g/mol. The first-order valence-corrected chi connectivity index (χ1v) is 8.80. The van der Waals surface area contributed by atoms with Crippen LogP contribution in [0.25, 0.3) is 5.69 Å². The van der Waals surface area contributed by atoms with Crippen molar-refractivity contribution >= 4 is 10.0 Å². The second-order valence-electron chi connectivity index (χ2n) is 5.21. The molecule has 1 N–H and O–H groups in total. The highest BCUT2D eigenvalue weighted by Crippen LogP contribution is 2.20. The number of sulfonamides is 1. The Morgan fingerprint density at radius 2 is 1.81 bits per heavy atom. The minimum Gasteiger partial charge on any atom is -0.318 e. The largest absolute Gasteiger partial charge is 0.318 e. The fourth-order valence-corrected chi connectivity index (χ4v) is 3.57. The number of hydrogen-bond acceptors (Lipinski definition) is 2. The molecule has 0 bridgehead atoms. The Bertz CT molecular complexity index is 703. The molecule has 2 aromatic rings. The van der Waals surface area contributed by atoms with Crippen molar-refractivity contribution in [1.82, 2.24) is 9.29 Å². The van der Waals surface area contributed by atoms with Gasteiger partial charge >= 0.3 is 0 Å². The molecule has 114 valence electrons. The van der Waals surface area contributed by atoms with Gasteiger partial charge < -0.3 is 4.57 Å². The maximum atomic E-state index is 11.8. The molecule has 0 saturated heterocycles. The minimum absolute atomic E-state index is 0.171. The van der Waals surface area contributed by atoms with Gasteiger partial charge in [-0.1, -0.05) is 25.1 Å². The molecule has 5 heteroatoms. The fourth-order valence-electron chi connectivity index (χ4n) is 2.51. The van der Waals surface area contributed by atoms with Gasteiger partial charge in [0.05, 0.1) is 5.75 Å². The van der Waals surface area contributed by atoms with Gasteiger partial charge in [-0.15, -0.1) is 0 Å². The predicted octanol–water partition coefficient (Wildman–Crippen LogP) is 2.92. The van der Waals surface area contributed by atoms with Crippen molar-refractivity contribution in [3.05, 3.63) is 53.3 Å². The summed E-state index contributed by atoms with van der Waals surface area (Å²) in [6.07, 6.45) is 0.623. The van der Waals surface area contributed by atoms with Gasteiger partial charge in [-0.05, 0) is 44.0 Å². The van der Waals surface area contributed by atoms with E-state index in [4.69, 9.17) is 0 Å². The third kappa shape index (κ3) is 3.74.